The van der Waals surface area contributed by atoms with Crippen LogP contribution in [0.5, 0.6) is 11.5 Å². The van der Waals surface area contributed by atoms with Gasteiger partial charge in [0, 0.05) is 5.02 Å². The summed E-state index contributed by atoms with van der Waals surface area (Å²) < 4.78 is 18.8. The maximum Gasteiger partial charge on any atom is 0.153 e. The third-order valence-corrected chi connectivity index (χ3v) is 2.64. The van der Waals surface area contributed by atoms with Crippen molar-refractivity contribution in [1.29, 1.82) is 5.26 Å². The summed E-state index contributed by atoms with van der Waals surface area (Å²) in [5.41, 5.74) is 0.00921. The number of carbonyl (C=O) groups is 1. The van der Waals surface area contributed by atoms with E-state index in [1.165, 1.54) is 30.3 Å². The van der Waals surface area contributed by atoms with Crippen molar-refractivity contribution in [1.82, 2.24) is 0 Å². The Balaban J connectivity index is 2.45. The molecule has 0 radical (unpaired) electrons. The molecule has 0 bridgehead atoms. The summed E-state index contributed by atoms with van der Waals surface area (Å²) in [7, 11) is 0. The Kier molecular flexibility index (Phi) is 3.79. The second-order valence-corrected chi connectivity index (χ2v) is 4.06. The van der Waals surface area contributed by atoms with Gasteiger partial charge in [0.2, 0.25) is 0 Å². The predicted octanol–water partition coefficient (Wildman–Crippen LogP) is 3.96. The number of nitrogens with zero attached hydrogens (tertiary/aromatic N) is 1. The molecule has 3 nitrogen and oxygen atoms in total. The Labute approximate surface area is 113 Å². The molecule has 0 spiro atoms. The van der Waals surface area contributed by atoms with E-state index in [0.717, 1.165) is 6.07 Å². The number of carbonyl (C=O) groups excluding carboxylic acids is 1. The zero-order valence-electron chi connectivity index (χ0n) is 9.56. The molecule has 2 aromatic rings. The Morgan fingerprint density at radius 3 is 2.74 bits per heavy atom. The zero-order valence-corrected chi connectivity index (χ0v) is 10.3. The van der Waals surface area contributed by atoms with E-state index in [4.69, 9.17) is 21.6 Å². The van der Waals surface area contributed by atoms with E-state index >= 15 is 0 Å². The van der Waals surface area contributed by atoms with Crippen LogP contribution in [-0.2, 0) is 0 Å². The molecule has 19 heavy (non-hydrogen) atoms. The van der Waals surface area contributed by atoms with Gasteiger partial charge in [0.05, 0.1) is 5.56 Å². The van der Waals surface area contributed by atoms with E-state index in [1.54, 1.807) is 6.07 Å². The molecule has 2 rings (SSSR count). The average Bonchev–Trinajstić information content (AvgIpc) is 2.41. The fourth-order valence-corrected chi connectivity index (χ4v) is 1.70. The van der Waals surface area contributed by atoms with E-state index in [1.807, 2.05) is 0 Å². The molecule has 0 amide bonds. The number of hydrogen-bond acceptors (Lipinski definition) is 3. The van der Waals surface area contributed by atoms with E-state index in [0.29, 0.717) is 11.3 Å². The largest absolute Gasteiger partial charge is 0.455 e. The molecular formula is C14H7ClFNO2. The molecule has 0 atom stereocenters. The normalized spacial score (nSPS) is 9.74. The van der Waals surface area contributed by atoms with Crippen LogP contribution in [0.25, 0.3) is 0 Å². The van der Waals surface area contributed by atoms with Gasteiger partial charge in [0.25, 0.3) is 0 Å². The van der Waals surface area contributed by atoms with Crippen molar-refractivity contribution < 1.29 is 13.9 Å². The molecule has 0 heterocycles. The van der Waals surface area contributed by atoms with Crippen molar-refractivity contribution in [2.75, 3.05) is 0 Å². The van der Waals surface area contributed by atoms with Crippen LogP contribution >= 0.6 is 11.6 Å². The average molecular weight is 276 g/mol. The third kappa shape index (κ3) is 2.72. The molecule has 0 saturated carbocycles. The first-order valence-corrected chi connectivity index (χ1v) is 5.64. The predicted molar refractivity (Wildman–Crippen MR) is 68.0 cm³/mol. The SMILES string of the molecule is N#Cc1c(F)cccc1Oc1ccc(Cl)cc1C=O. The van der Waals surface area contributed by atoms with Crippen LogP contribution < -0.4 is 4.74 Å². The molecule has 0 aliphatic carbocycles. The fourth-order valence-electron chi connectivity index (χ4n) is 1.52. The number of benzene rings is 2. The minimum absolute atomic E-state index is 0.0490. The summed E-state index contributed by atoms with van der Waals surface area (Å²) in [5, 5.41) is 9.27. The maximum atomic E-state index is 13.4. The molecule has 0 saturated heterocycles. The summed E-state index contributed by atoms with van der Waals surface area (Å²) in [4.78, 5) is 10.9. The number of aldehydes is 1. The molecule has 2 aromatic carbocycles. The molecule has 0 aromatic heterocycles. The van der Waals surface area contributed by atoms with Gasteiger partial charge in [-0.05, 0) is 30.3 Å². The van der Waals surface area contributed by atoms with Crippen LogP contribution in [0, 0.1) is 17.1 Å². The van der Waals surface area contributed by atoms with Crippen LogP contribution in [0.2, 0.25) is 5.02 Å². The molecule has 0 N–H and O–H groups in total. The monoisotopic (exact) mass is 275 g/mol. The molecular weight excluding hydrogens is 269 g/mol. The van der Waals surface area contributed by atoms with Gasteiger partial charge in [0.1, 0.15) is 28.9 Å². The lowest BCUT2D eigenvalue weighted by molar-refractivity contribution is 0.112. The zero-order chi connectivity index (χ0) is 13.8. The molecule has 5 heteroatoms. The highest BCUT2D eigenvalue weighted by Gasteiger charge is 2.12. The molecule has 0 unspecified atom stereocenters. The van der Waals surface area contributed by atoms with Gasteiger partial charge in [-0.15, -0.1) is 0 Å². The smallest absolute Gasteiger partial charge is 0.153 e. The quantitative estimate of drug-likeness (QED) is 0.797. The van der Waals surface area contributed by atoms with Crippen molar-refractivity contribution in [2.45, 2.75) is 0 Å². The van der Waals surface area contributed by atoms with Gasteiger partial charge >= 0.3 is 0 Å². The third-order valence-electron chi connectivity index (χ3n) is 2.41. The van der Waals surface area contributed by atoms with Crippen LogP contribution in [0.3, 0.4) is 0 Å². The minimum atomic E-state index is -0.679. The number of rotatable bonds is 3. The molecule has 0 fully saturated rings. The standard InChI is InChI=1S/C14H7ClFNO2/c15-10-4-5-13(9(6-10)8-18)19-14-3-1-2-12(16)11(14)7-17/h1-6,8H. The van der Waals surface area contributed by atoms with Gasteiger partial charge in [-0.2, -0.15) is 5.26 Å². The Bertz CT molecular complexity index is 680. The highest BCUT2D eigenvalue weighted by Crippen LogP contribution is 2.29. The van der Waals surface area contributed by atoms with E-state index < -0.39 is 5.82 Å². The van der Waals surface area contributed by atoms with Gasteiger partial charge in [-0.3, -0.25) is 4.79 Å². The first-order chi connectivity index (χ1) is 9.15. The van der Waals surface area contributed by atoms with E-state index in [-0.39, 0.29) is 22.6 Å². The molecule has 94 valence electrons. The Morgan fingerprint density at radius 1 is 1.26 bits per heavy atom. The van der Waals surface area contributed by atoms with Gasteiger partial charge in [-0.1, -0.05) is 17.7 Å². The minimum Gasteiger partial charge on any atom is -0.455 e. The number of hydrogen-bond donors (Lipinski definition) is 0. The summed E-state index contributed by atoms with van der Waals surface area (Å²) in [6, 6.07) is 10.2. The molecule has 0 aliphatic rings. The van der Waals surface area contributed by atoms with Crippen molar-refractivity contribution in [3.8, 4) is 17.6 Å². The first-order valence-electron chi connectivity index (χ1n) is 5.27. The Morgan fingerprint density at radius 2 is 2.05 bits per heavy atom. The fraction of sp³-hybridized carbons (Fsp3) is 0. The van der Waals surface area contributed by atoms with Crippen LogP contribution in [0.15, 0.2) is 36.4 Å². The lowest BCUT2D eigenvalue weighted by Crippen LogP contribution is -1.94. The van der Waals surface area contributed by atoms with Crippen LogP contribution in [-0.4, -0.2) is 6.29 Å². The van der Waals surface area contributed by atoms with Crippen molar-refractivity contribution in [3.63, 3.8) is 0 Å². The van der Waals surface area contributed by atoms with Crippen molar-refractivity contribution in [3.05, 3.63) is 58.4 Å². The lowest BCUT2D eigenvalue weighted by Gasteiger charge is -2.09. The van der Waals surface area contributed by atoms with E-state index in [2.05, 4.69) is 0 Å². The summed E-state index contributed by atoms with van der Waals surface area (Å²) in [6.45, 7) is 0. The number of nitriles is 1. The summed E-state index contributed by atoms with van der Waals surface area (Å²) in [6.07, 6.45) is 0.576. The van der Waals surface area contributed by atoms with Gasteiger partial charge in [-0.25, -0.2) is 4.39 Å². The second-order valence-electron chi connectivity index (χ2n) is 3.63. The molecule has 0 aliphatic heterocycles. The maximum absolute atomic E-state index is 13.4. The van der Waals surface area contributed by atoms with Crippen molar-refractivity contribution >= 4 is 17.9 Å². The number of ether oxygens (including phenoxy) is 1. The van der Waals surface area contributed by atoms with Crippen LogP contribution in [0.4, 0.5) is 4.39 Å². The Hall–Kier alpha value is -2.38. The second kappa shape index (κ2) is 5.51. The van der Waals surface area contributed by atoms with Gasteiger partial charge < -0.3 is 4.74 Å². The van der Waals surface area contributed by atoms with Gasteiger partial charge in [0.15, 0.2) is 6.29 Å². The number of halogens is 2. The van der Waals surface area contributed by atoms with E-state index in [9.17, 15) is 9.18 Å². The van der Waals surface area contributed by atoms with Crippen molar-refractivity contribution in [2.24, 2.45) is 0 Å². The van der Waals surface area contributed by atoms with Crippen LogP contribution in [0.1, 0.15) is 15.9 Å². The first kappa shape index (κ1) is 13.1. The highest BCUT2D eigenvalue weighted by atomic mass is 35.5. The topological polar surface area (TPSA) is 50.1 Å². The summed E-state index contributed by atoms with van der Waals surface area (Å²) >= 11 is 5.76. The lowest BCUT2D eigenvalue weighted by atomic mass is 10.2. The highest BCUT2D eigenvalue weighted by molar-refractivity contribution is 6.30. The summed E-state index contributed by atoms with van der Waals surface area (Å²) in [5.74, 6) is -0.420.